The van der Waals surface area contributed by atoms with Gasteiger partial charge in [-0.2, -0.15) is 0 Å². The first-order valence-corrected chi connectivity index (χ1v) is 7.37. The van der Waals surface area contributed by atoms with Crippen LogP contribution in [0.15, 0.2) is 40.9 Å². The van der Waals surface area contributed by atoms with E-state index in [0.717, 1.165) is 4.47 Å². The summed E-state index contributed by atoms with van der Waals surface area (Å²) in [6, 6.07) is 10.6. The first-order valence-electron chi connectivity index (χ1n) is 5.82. The maximum Gasteiger partial charge on any atom is 0.139 e. The number of nitrogen functional groups attached to an aromatic ring is 1. The number of nitrogens with two attached hydrogens (primary N) is 1. The highest BCUT2D eigenvalue weighted by Crippen LogP contribution is 2.34. The molecule has 0 spiro atoms. The van der Waals surface area contributed by atoms with Crippen molar-refractivity contribution in [3.05, 3.63) is 50.9 Å². The van der Waals surface area contributed by atoms with Gasteiger partial charge in [-0.3, -0.25) is 0 Å². The molecule has 0 heterocycles. The van der Waals surface area contributed by atoms with Crippen molar-refractivity contribution in [3.8, 4) is 11.5 Å². The molecule has 0 saturated heterocycles. The van der Waals surface area contributed by atoms with Crippen LogP contribution in [0.4, 0.5) is 5.69 Å². The third-order valence-electron chi connectivity index (χ3n) is 2.44. The number of hydrogen-bond donors (Lipinski definition) is 1. The Morgan fingerprint density at radius 3 is 2.50 bits per heavy atom. The predicted molar refractivity (Wildman–Crippen MR) is 86.0 cm³/mol. The van der Waals surface area contributed by atoms with Crippen LogP contribution in [0.3, 0.4) is 0 Å². The second kappa shape index (κ2) is 7.07. The van der Waals surface area contributed by atoms with E-state index < -0.39 is 0 Å². The predicted octanol–water partition coefficient (Wildman–Crippen LogP) is 4.80. The van der Waals surface area contributed by atoms with Gasteiger partial charge in [-0.15, -0.1) is 0 Å². The molecule has 3 nitrogen and oxygen atoms in total. The van der Waals surface area contributed by atoms with Crippen LogP contribution in [-0.4, -0.2) is 13.2 Å². The van der Waals surface area contributed by atoms with E-state index in [1.165, 1.54) is 0 Å². The van der Waals surface area contributed by atoms with Crippen molar-refractivity contribution in [2.45, 2.75) is 0 Å². The first kappa shape index (κ1) is 15.3. The van der Waals surface area contributed by atoms with Crippen LogP contribution >= 0.6 is 39.1 Å². The molecule has 0 aliphatic rings. The van der Waals surface area contributed by atoms with Crippen molar-refractivity contribution in [3.63, 3.8) is 0 Å². The molecule has 6 heteroatoms. The zero-order valence-electron chi connectivity index (χ0n) is 10.4. The summed E-state index contributed by atoms with van der Waals surface area (Å²) in [5, 5.41) is 1.03. The van der Waals surface area contributed by atoms with Crippen molar-refractivity contribution in [2.75, 3.05) is 18.9 Å². The summed E-state index contributed by atoms with van der Waals surface area (Å²) in [5.74, 6) is 1.23. The minimum Gasteiger partial charge on any atom is -0.490 e. The molecule has 0 atom stereocenters. The lowest BCUT2D eigenvalue weighted by molar-refractivity contribution is 0.217. The molecule has 20 heavy (non-hydrogen) atoms. The van der Waals surface area contributed by atoms with Crippen molar-refractivity contribution in [2.24, 2.45) is 0 Å². The van der Waals surface area contributed by atoms with E-state index in [1.807, 2.05) is 12.1 Å². The van der Waals surface area contributed by atoms with Gasteiger partial charge >= 0.3 is 0 Å². The van der Waals surface area contributed by atoms with Gasteiger partial charge in [0.1, 0.15) is 24.7 Å². The van der Waals surface area contributed by atoms with E-state index in [4.69, 9.17) is 38.4 Å². The first-order chi connectivity index (χ1) is 9.56. The smallest absolute Gasteiger partial charge is 0.139 e. The number of halogens is 3. The maximum atomic E-state index is 6.05. The van der Waals surface area contributed by atoms with Crippen molar-refractivity contribution in [1.82, 2.24) is 0 Å². The summed E-state index contributed by atoms with van der Waals surface area (Å²) >= 11 is 15.3. The Morgan fingerprint density at radius 1 is 1.00 bits per heavy atom. The molecule has 0 fully saturated rings. The normalized spacial score (nSPS) is 10.3. The lowest BCUT2D eigenvalue weighted by Crippen LogP contribution is -2.09. The fraction of sp³-hybridized carbons (Fsp3) is 0.143. The van der Waals surface area contributed by atoms with Gasteiger partial charge in [0.25, 0.3) is 0 Å². The van der Waals surface area contributed by atoms with Crippen molar-refractivity contribution in [1.29, 1.82) is 0 Å². The van der Waals surface area contributed by atoms with E-state index in [0.29, 0.717) is 40.4 Å². The van der Waals surface area contributed by atoms with Crippen LogP contribution < -0.4 is 15.2 Å². The molecule has 0 saturated carbocycles. The maximum absolute atomic E-state index is 6.05. The Labute approximate surface area is 135 Å². The van der Waals surface area contributed by atoms with Gasteiger partial charge in [0, 0.05) is 22.3 Å². The Bertz CT molecular complexity index is 608. The summed E-state index contributed by atoms with van der Waals surface area (Å²) in [5.41, 5.74) is 6.32. The molecule has 0 amide bonds. The molecule has 0 aromatic heterocycles. The highest BCUT2D eigenvalue weighted by molar-refractivity contribution is 9.10. The summed E-state index contributed by atoms with van der Waals surface area (Å²) in [6.45, 7) is 0.736. The third kappa shape index (κ3) is 4.20. The zero-order chi connectivity index (χ0) is 14.5. The number of hydrogen-bond acceptors (Lipinski definition) is 3. The third-order valence-corrected chi connectivity index (χ3v) is 3.93. The Kier molecular flexibility index (Phi) is 5.40. The molecule has 0 aliphatic carbocycles. The second-order valence-electron chi connectivity index (χ2n) is 3.97. The quantitative estimate of drug-likeness (QED) is 0.463. The van der Waals surface area contributed by atoms with Crippen LogP contribution in [0, 0.1) is 0 Å². The largest absolute Gasteiger partial charge is 0.490 e. The topological polar surface area (TPSA) is 44.5 Å². The SMILES string of the molecule is Nc1cccc(OCCOc2cc(Cl)c(Br)cc2Cl)c1. The number of anilines is 1. The number of ether oxygens (including phenoxy) is 2. The van der Waals surface area contributed by atoms with Crippen LogP contribution in [0.5, 0.6) is 11.5 Å². The van der Waals surface area contributed by atoms with Crippen LogP contribution in [-0.2, 0) is 0 Å². The van der Waals surface area contributed by atoms with Gasteiger partial charge in [0.15, 0.2) is 0 Å². The van der Waals surface area contributed by atoms with Gasteiger partial charge in [-0.05, 0) is 34.1 Å². The Morgan fingerprint density at radius 2 is 1.75 bits per heavy atom. The van der Waals surface area contributed by atoms with Gasteiger partial charge < -0.3 is 15.2 Å². The van der Waals surface area contributed by atoms with E-state index in [1.54, 1.807) is 24.3 Å². The summed E-state index contributed by atoms with van der Waals surface area (Å²) in [6.07, 6.45) is 0. The molecule has 0 radical (unpaired) electrons. The lowest BCUT2D eigenvalue weighted by atomic mass is 10.3. The van der Waals surface area contributed by atoms with Gasteiger partial charge in [0.05, 0.1) is 10.0 Å². The van der Waals surface area contributed by atoms with Crippen molar-refractivity contribution >= 4 is 44.8 Å². The fourth-order valence-electron chi connectivity index (χ4n) is 1.53. The monoisotopic (exact) mass is 375 g/mol. The van der Waals surface area contributed by atoms with Gasteiger partial charge in [-0.25, -0.2) is 0 Å². The summed E-state index contributed by atoms with van der Waals surface area (Å²) in [4.78, 5) is 0. The molecule has 2 aromatic carbocycles. The second-order valence-corrected chi connectivity index (χ2v) is 5.63. The van der Waals surface area contributed by atoms with E-state index in [2.05, 4.69) is 15.9 Å². The molecule has 2 N–H and O–H groups in total. The van der Waals surface area contributed by atoms with Crippen LogP contribution in [0.2, 0.25) is 10.0 Å². The number of benzene rings is 2. The van der Waals surface area contributed by atoms with E-state index >= 15 is 0 Å². The molecule has 0 unspecified atom stereocenters. The highest BCUT2D eigenvalue weighted by atomic mass is 79.9. The van der Waals surface area contributed by atoms with Gasteiger partial charge in [-0.1, -0.05) is 29.3 Å². The fourth-order valence-corrected chi connectivity index (χ4v) is 2.38. The molecule has 2 rings (SSSR count). The minimum atomic E-state index is 0.354. The molecular weight excluding hydrogens is 365 g/mol. The molecule has 0 bridgehead atoms. The van der Waals surface area contributed by atoms with E-state index in [9.17, 15) is 0 Å². The van der Waals surface area contributed by atoms with Gasteiger partial charge in [0.2, 0.25) is 0 Å². The lowest BCUT2D eigenvalue weighted by Gasteiger charge is -2.10. The zero-order valence-corrected chi connectivity index (χ0v) is 13.5. The standard InChI is InChI=1S/C14H12BrCl2NO2/c15-11-7-13(17)14(8-12(11)16)20-5-4-19-10-3-1-2-9(18)6-10/h1-3,6-8H,4-5,18H2. The van der Waals surface area contributed by atoms with Crippen LogP contribution in [0.1, 0.15) is 0 Å². The Balaban J connectivity index is 1.86. The summed E-state index contributed by atoms with van der Waals surface area (Å²) < 4.78 is 11.8. The molecule has 106 valence electrons. The Hall–Kier alpha value is -1.10. The minimum absolute atomic E-state index is 0.354. The summed E-state index contributed by atoms with van der Waals surface area (Å²) in [7, 11) is 0. The average molecular weight is 377 g/mol. The average Bonchev–Trinajstić information content (AvgIpc) is 2.40. The molecule has 2 aromatic rings. The van der Waals surface area contributed by atoms with Crippen molar-refractivity contribution < 1.29 is 9.47 Å². The molecule has 0 aliphatic heterocycles. The van der Waals surface area contributed by atoms with E-state index in [-0.39, 0.29) is 0 Å². The van der Waals surface area contributed by atoms with Crippen LogP contribution in [0.25, 0.3) is 0 Å². The molecular formula is C14H12BrCl2NO2. The number of rotatable bonds is 5. The highest BCUT2D eigenvalue weighted by Gasteiger charge is 2.06.